The van der Waals surface area contributed by atoms with Crippen molar-refractivity contribution in [3.63, 3.8) is 0 Å². The van der Waals surface area contributed by atoms with Crippen LogP contribution in [0.1, 0.15) is 105 Å². The molecule has 0 fully saturated rings. The second-order valence-electron chi connectivity index (χ2n) is 5.90. The molecule has 29 heavy (non-hydrogen) atoms. The van der Waals surface area contributed by atoms with E-state index in [1.807, 2.05) is 27.7 Å². The number of hydrogen-bond acceptors (Lipinski definition) is 8. The van der Waals surface area contributed by atoms with Crippen molar-refractivity contribution in [3.05, 3.63) is 0 Å². The van der Waals surface area contributed by atoms with Crippen molar-refractivity contribution in [1.82, 2.24) is 0 Å². The van der Waals surface area contributed by atoms with Gasteiger partial charge in [-0.2, -0.15) is 0 Å². The maximum atomic E-state index is 9.65. The summed E-state index contributed by atoms with van der Waals surface area (Å²) in [5.74, 6) is -3.77. The third kappa shape index (κ3) is 75.5. The van der Waals surface area contributed by atoms with Gasteiger partial charge in [0.15, 0.2) is 0 Å². The van der Waals surface area contributed by atoms with Crippen LogP contribution in [-0.2, 0) is 40.9 Å². The summed E-state index contributed by atoms with van der Waals surface area (Å²) in [5, 5.41) is 38.6. The van der Waals surface area contributed by atoms with Gasteiger partial charge in [-0.3, -0.25) is 0 Å². The monoisotopic (exact) mass is 452 g/mol. The smallest absolute Gasteiger partial charge is 0.550 e. The third-order valence-electron chi connectivity index (χ3n) is 2.94. The first-order valence-corrected chi connectivity index (χ1v) is 9.88. The van der Waals surface area contributed by atoms with E-state index in [-0.39, 0.29) is 47.4 Å². The van der Waals surface area contributed by atoms with E-state index in [9.17, 15) is 39.6 Å². The first kappa shape index (κ1) is 38.2. The minimum Gasteiger partial charge on any atom is -0.550 e. The second kappa shape index (κ2) is 34.1. The van der Waals surface area contributed by atoms with Crippen molar-refractivity contribution in [2.75, 3.05) is 0 Å². The third-order valence-corrected chi connectivity index (χ3v) is 2.94. The standard InChI is InChI=1S/4C5H10O2.Ti/c4*1-2-3-4-5(6)7;/h4*2-4H2,1H3,(H,6,7);/q;;;;+4/p-4. The van der Waals surface area contributed by atoms with Gasteiger partial charge in [-0.05, 0) is 51.4 Å². The molecule has 0 aliphatic heterocycles. The second-order valence-corrected chi connectivity index (χ2v) is 5.90. The zero-order valence-corrected chi connectivity index (χ0v) is 19.8. The summed E-state index contributed by atoms with van der Waals surface area (Å²) in [6.07, 6.45) is 7.47. The number of unbranched alkanes of at least 4 members (excludes halogenated alkanes) is 4. The van der Waals surface area contributed by atoms with Crippen LogP contribution < -0.4 is 20.4 Å². The Balaban J connectivity index is -0.0000000873. The van der Waals surface area contributed by atoms with Gasteiger partial charge >= 0.3 is 21.7 Å². The molecule has 0 atom stereocenters. The van der Waals surface area contributed by atoms with Crippen LogP contribution in [-0.4, -0.2) is 23.9 Å². The van der Waals surface area contributed by atoms with Gasteiger partial charge in [-0.25, -0.2) is 0 Å². The van der Waals surface area contributed by atoms with Gasteiger partial charge in [-0.15, -0.1) is 0 Å². The molecule has 0 aliphatic carbocycles. The van der Waals surface area contributed by atoms with E-state index in [1.165, 1.54) is 0 Å². The maximum absolute atomic E-state index is 9.65. The molecule has 0 rings (SSSR count). The van der Waals surface area contributed by atoms with Gasteiger partial charge in [0.1, 0.15) is 0 Å². The molecule has 8 nitrogen and oxygen atoms in total. The number of carboxylic acids is 4. The molecule has 0 heterocycles. The van der Waals surface area contributed by atoms with Crippen molar-refractivity contribution in [3.8, 4) is 0 Å². The van der Waals surface area contributed by atoms with Crippen molar-refractivity contribution in [2.24, 2.45) is 0 Å². The predicted molar refractivity (Wildman–Crippen MR) is 98.1 cm³/mol. The molecule has 0 saturated carbocycles. The number of carbonyl (C=O) groups is 4. The molecular weight excluding hydrogens is 416 g/mol. The van der Waals surface area contributed by atoms with Gasteiger partial charge in [-0.1, -0.05) is 53.4 Å². The van der Waals surface area contributed by atoms with Crippen molar-refractivity contribution in [2.45, 2.75) is 105 Å². The average molecular weight is 452 g/mol. The van der Waals surface area contributed by atoms with E-state index >= 15 is 0 Å². The Bertz CT molecular complexity index is 315. The number of carbonyl (C=O) groups excluding carboxylic acids is 4. The van der Waals surface area contributed by atoms with Crippen LogP contribution in [0, 0.1) is 0 Å². The summed E-state index contributed by atoms with van der Waals surface area (Å²) >= 11 is 0. The molecule has 168 valence electrons. The Morgan fingerprint density at radius 3 is 0.621 bits per heavy atom. The van der Waals surface area contributed by atoms with E-state index in [2.05, 4.69) is 0 Å². The van der Waals surface area contributed by atoms with Gasteiger partial charge in [0.05, 0.1) is 0 Å². The van der Waals surface area contributed by atoms with Gasteiger partial charge in [0, 0.05) is 23.9 Å². The molecule has 0 N–H and O–H groups in total. The Labute approximate surface area is 190 Å². The predicted octanol–water partition coefficient (Wildman–Crippen LogP) is -0.296. The number of hydrogen-bond donors (Lipinski definition) is 0. The molecule has 0 aromatic heterocycles. The fourth-order valence-corrected chi connectivity index (χ4v) is 1.28. The van der Waals surface area contributed by atoms with E-state index in [4.69, 9.17) is 0 Å². The van der Waals surface area contributed by atoms with Crippen molar-refractivity contribution >= 4 is 23.9 Å². The number of carboxylic acid groups (broad SMARTS) is 4. The molecule has 0 aliphatic rings. The van der Waals surface area contributed by atoms with Crippen LogP contribution in [0.3, 0.4) is 0 Å². The van der Waals surface area contributed by atoms with E-state index in [0.29, 0.717) is 0 Å². The van der Waals surface area contributed by atoms with Crippen LogP contribution in [0.25, 0.3) is 0 Å². The minimum atomic E-state index is -0.943. The Morgan fingerprint density at radius 2 is 0.586 bits per heavy atom. The molecule has 0 aromatic rings. The molecule has 0 amide bonds. The first-order chi connectivity index (χ1) is 13.1. The van der Waals surface area contributed by atoms with Crippen LogP contribution >= 0.6 is 0 Å². The van der Waals surface area contributed by atoms with E-state index in [1.54, 1.807) is 0 Å². The normalized spacial score (nSPS) is 8.41. The summed E-state index contributed by atoms with van der Waals surface area (Å²) in [7, 11) is 0. The fraction of sp³-hybridized carbons (Fsp3) is 0.800. The van der Waals surface area contributed by atoms with Crippen LogP contribution in [0.2, 0.25) is 0 Å². The average Bonchev–Trinajstić information content (AvgIpc) is 2.62. The summed E-state index contributed by atoms with van der Waals surface area (Å²) in [6, 6.07) is 0. The molecule has 0 unspecified atom stereocenters. The summed E-state index contributed by atoms with van der Waals surface area (Å²) in [4.78, 5) is 38.6. The van der Waals surface area contributed by atoms with Crippen molar-refractivity contribution < 1.29 is 61.3 Å². The van der Waals surface area contributed by atoms with Gasteiger partial charge in [0.25, 0.3) is 0 Å². The molecule has 0 spiro atoms. The van der Waals surface area contributed by atoms with Gasteiger partial charge < -0.3 is 39.6 Å². The topological polar surface area (TPSA) is 161 Å². The first-order valence-electron chi connectivity index (χ1n) is 9.88. The van der Waals surface area contributed by atoms with Gasteiger partial charge in [0.2, 0.25) is 0 Å². The molecular formula is C20H36O8Ti. The fourth-order valence-electron chi connectivity index (χ4n) is 1.28. The molecule has 0 aromatic carbocycles. The Hall–Kier alpha value is -1.41. The number of aliphatic carboxylic acids is 4. The largest absolute Gasteiger partial charge is 4.00 e. The Morgan fingerprint density at radius 1 is 0.448 bits per heavy atom. The minimum absolute atomic E-state index is 0. The quantitative estimate of drug-likeness (QED) is 0.365. The summed E-state index contributed by atoms with van der Waals surface area (Å²) < 4.78 is 0. The summed E-state index contributed by atoms with van der Waals surface area (Å²) in [6.45, 7) is 7.79. The zero-order valence-electron chi connectivity index (χ0n) is 18.3. The van der Waals surface area contributed by atoms with E-state index < -0.39 is 23.9 Å². The Kier molecular flexibility index (Phi) is 45.0. The molecule has 0 saturated heterocycles. The van der Waals surface area contributed by atoms with Crippen LogP contribution in [0.4, 0.5) is 0 Å². The van der Waals surface area contributed by atoms with Crippen molar-refractivity contribution in [1.29, 1.82) is 0 Å². The maximum Gasteiger partial charge on any atom is 4.00 e. The SMILES string of the molecule is CCCCC(=O)[O-].CCCCC(=O)[O-].CCCCC(=O)[O-].CCCCC(=O)[O-].[Ti+4]. The molecule has 0 radical (unpaired) electrons. The van der Waals surface area contributed by atoms with E-state index in [0.717, 1.165) is 51.4 Å². The number of rotatable bonds is 12. The molecule has 0 bridgehead atoms. The molecule has 9 heteroatoms. The summed E-state index contributed by atoms with van der Waals surface area (Å²) in [5.41, 5.74) is 0. The van der Waals surface area contributed by atoms with Crippen LogP contribution in [0.5, 0.6) is 0 Å². The zero-order chi connectivity index (χ0) is 22.8. The van der Waals surface area contributed by atoms with Crippen LogP contribution in [0.15, 0.2) is 0 Å².